The molecule has 2 aromatic heterocycles. The van der Waals surface area contributed by atoms with E-state index in [9.17, 15) is 13.2 Å². The minimum absolute atomic E-state index is 0.103. The lowest BCUT2D eigenvalue weighted by Gasteiger charge is -2.29. The quantitative estimate of drug-likeness (QED) is 0.708. The lowest BCUT2D eigenvalue weighted by Crippen LogP contribution is -2.37. The van der Waals surface area contributed by atoms with Crippen LogP contribution < -0.4 is 10.6 Å². The highest BCUT2D eigenvalue weighted by atomic mass is 19.1. The predicted molar refractivity (Wildman–Crippen MR) is 103 cm³/mol. The smallest absolute Gasteiger partial charge is 0.183 e. The Morgan fingerprint density at radius 3 is 2.68 bits per heavy atom. The van der Waals surface area contributed by atoms with E-state index >= 15 is 0 Å². The van der Waals surface area contributed by atoms with Crippen LogP contribution in [-0.2, 0) is 7.05 Å². The van der Waals surface area contributed by atoms with E-state index < -0.39 is 17.5 Å². The number of anilines is 1. The van der Waals surface area contributed by atoms with Crippen LogP contribution in [0.4, 0.5) is 19.0 Å². The summed E-state index contributed by atoms with van der Waals surface area (Å²) in [6.45, 7) is 0. The van der Waals surface area contributed by atoms with E-state index in [1.807, 2.05) is 7.05 Å². The third kappa shape index (κ3) is 3.44. The summed E-state index contributed by atoms with van der Waals surface area (Å²) in [5.74, 6) is -1.56. The van der Waals surface area contributed by atoms with E-state index in [1.165, 1.54) is 6.07 Å². The summed E-state index contributed by atoms with van der Waals surface area (Å²) in [5.41, 5.74) is 0.707. The third-order valence-corrected chi connectivity index (χ3v) is 5.40. The van der Waals surface area contributed by atoms with Crippen molar-refractivity contribution < 1.29 is 13.2 Å². The molecule has 4 rings (SSSR count). The Morgan fingerprint density at radius 2 is 1.89 bits per heavy atom. The molecule has 0 amide bonds. The van der Waals surface area contributed by atoms with Gasteiger partial charge in [0, 0.05) is 42.3 Å². The van der Waals surface area contributed by atoms with Crippen molar-refractivity contribution in [1.82, 2.24) is 19.9 Å². The Bertz CT molecular complexity index is 1020. The first-order chi connectivity index (χ1) is 13.5. The van der Waals surface area contributed by atoms with Gasteiger partial charge in [-0.15, -0.1) is 0 Å². The van der Waals surface area contributed by atoms with Gasteiger partial charge in [0.25, 0.3) is 0 Å². The number of benzene rings is 1. The van der Waals surface area contributed by atoms with E-state index in [1.54, 1.807) is 17.8 Å². The number of hydrogen-bond acceptors (Lipinski definition) is 4. The molecule has 2 heterocycles. The van der Waals surface area contributed by atoms with Crippen molar-refractivity contribution >= 4 is 16.7 Å². The van der Waals surface area contributed by atoms with Crippen molar-refractivity contribution in [2.75, 3.05) is 12.4 Å². The van der Waals surface area contributed by atoms with Crippen LogP contribution in [0.1, 0.15) is 25.7 Å². The third-order valence-electron chi connectivity index (χ3n) is 5.40. The monoisotopic (exact) mass is 389 g/mol. The summed E-state index contributed by atoms with van der Waals surface area (Å²) in [6.07, 6.45) is 6.67. The van der Waals surface area contributed by atoms with Crippen molar-refractivity contribution in [1.29, 1.82) is 0 Å². The van der Waals surface area contributed by atoms with E-state index in [2.05, 4.69) is 20.6 Å². The van der Waals surface area contributed by atoms with Crippen molar-refractivity contribution in [2.45, 2.75) is 37.8 Å². The van der Waals surface area contributed by atoms with Crippen molar-refractivity contribution in [3.8, 4) is 11.4 Å². The van der Waals surface area contributed by atoms with Crippen LogP contribution in [0.2, 0.25) is 0 Å². The molecule has 0 saturated heterocycles. The zero-order chi connectivity index (χ0) is 19.8. The highest BCUT2D eigenvalue weighted by molar-refractivity contribution is 5.94. The SMILES string of the molecule is CN[C@@H]1CCC[C@H](Nc2nc(-c3cn(C)c4c(F)cc(F)cc34)ncc2F)C1. The Kier molecular flexibility index (Phi) is 4.97. The first-order valence-electron chi connectivity index (χ1n) is 9.37. The predicted octanol–water partition coefficient (Wildman–Crippen LogP) is 4.00. The molecule has 1 aliphatic rings. The topological polar surface area (TPSA) is 54.8 Å². The van der Waals surface area contributed by atoms with Crippen molar-refractivity contribution in [3.05, 3.63) is 42.0 Å². The zero-order valence-electron chi connectivity index (χ0n) is 15.8. The van der Waals surface area contributed by atoms with E-state index in [-0.39, 0.29) is 23.2 Å². The normalized spacial score (nSPS) is 19.9. The molecule has 28 heavy (non-hydrogen) atoms. The summed E-state index contributed by atoms with van der Waals surface area (Å²) >= 11 is 0. The van der Waals surface area contributed by atoms with Gasteiger partial charge in [-0.3, -0.25) is 0 Å². The molecule has 8 heteroatoms. The molecule has 148 valence electrons. The molecular weight excluding hydrogens is 367 g/mol. The summed E-state index contributed by atoms with van der Waals surface area (Å²) in [5, 5.41) is 6.80. The first-order valence-corrected chi connectivity index (χ1v) is 9.37. The van der Waals surface area contributed by atoms with Gasteiger partial charge in [0.1, 0.15) is 11.6 Å². The maximum absolute atomic E-state index is 14.3. The first kappa shape index (κ1) is 18.7. The molecule has 1 fully saturated rings. The number of nitrogens with one attached hydrogen (secondary N) is 2. The molecular formula is C20H22F3N5. The van der Waals surface area contributed by atoms with Crippen LogP contribution >= 0.6 is 0 Å². The molecule has 2 atom stereocenters. The number of aromatic nitrogens is 3. The molecule has 5 nitrogen and oxygen atoms in total. The fraction of sp³-hybridized carbons (Fsp3) is 0.400. The lowest BCUT2D eigenvalue weighted by molar-refractivity contribution is 0.368. The average Bonchev–Trinajstić information content (AvgIpc) is 3.00. The Labute approximate surface area is 161 Å². The second-order valence-electron chi connectivity index (χ2n) is 7.32. The molecule has 3 aromatic rings. The second kappa shape index (κ2) is 7.43. The molecule has 0 spiro atoms. The second-order valence-corrected chi connectivity index (χ2v) is 7.32. The molecule has 0 radical (unpaired) electrons. The van der Waals surface area contributed by atoms with Gasteiger partial charge in [-0.25, -0.2) is 23.1 Å². The fourth-order valence-corrected chi connectivity index (χ4v) is 4.01. The number of rotatable bonds is 4. The molecule has 0 unspecified atom stereocenters. The highest BCUT2D eigenvalue weighted by Crippen LogP contribution is 2.31. The molecule has 1 aromatic carbocycles. The summed E-state index contributed by atoms with van der Waals surface area (Å²) in [4.78, 5) is 8.39. The van der Waals surface area contributed by atoms with Crippen LogP contribution in [-0.4, -0.2) is 33.7 Å². The molecule has 0 bridgehead atoms. The number of hydrogen-bond donors (Lipinski definition) is 2. The lowest BCUT2D eigenvalue weighted by atomic mass is 9.91. The maximum Gasteiger partial charge on any atom is 0.183 e. The standard InChI is InChI=1S/C20H22F3N5/c1-24-12-4-3-5-13(8-12)26-20-17(23)9-25-19(27-20)15-10-28(2)18-14(15)6-11(21)7-16(18)22/h6-7,9-10,12-13,24H,3-5,8H2,1-2H3,(H,25,26,27)/t12-,13+/m1/s1. The van der Waals surface area contributed by atoms with Gasteiger partial charge in [0.2, 0.25) is 0 Å². The van der Waals surface area contributed by atoms with Crippen molar-refractivity contribution in [2.24, 2.45) is 7.05 Å². The number of aryl methyl sites for hydroxylation is 1. The van der Waals surface area contributed by atoms with Crippen LogP contribution in [0.25, 0.3) is 22.3 Å². The average molecular weight is 389 g/mol. The summed E-state index contributed by atoms with van der Waals surface area (Å²) < 4.78 is 43.8. The van der Waals surface area contributed by atoms with Crippen molar-refractivity contribution in [3.63, 3.8) is 0 Å². The molecule has 1 saturated carbocycles. The van der Waals surface area contributed by atoms with Gasteiger partial charge in [-0.2, -0.15) is 0 Å². The zero-order valence-corrected chi connectivity index (χ0v) is 15.8. The van der Waals surface area contributed by atoms with Gasteiger partial charge in [-0.1, -0.05) is 0 Å². The number of fused-ring (bicyclic) bond motifs is 1. The van der Waals surface area contributed by atoms with E-state index in [0.29, 0.717) is 17.0 Å². The summed E-state index contributed by atoms with van der Waals surface area (Å²) in [7, 11) is 3.59. The molecule has 1 aliphatic carbocycles. The minimum atomic E-state index is -0.682. The highest BCUT2D eigenvalue weighted by Gasteiger charge is 2.23. The fourth-order valence-electron chi connectivity index (χ4n) is 4.01. The molecule has 0 aliphatic heterocycles. The van der Waals surface area contributed by atoms with Gasteiger partial charge in [-0.05, 0) is 38.8 Å². The van der Waals surface area contributed by atoms with Crippen LogP contribution in [0.15, 0.2) is 24.5 Å². The molecule has 2 N–H and O–H groups in total. The van der Waals surface area contributed by atoms with Crippen LogP contribution in [0, 0.1) is 17.5 Å². The minimum Gasteiger partial charge on any atom is -0.365 e. The van der Waals surface area contributed by atoms with Gasteiger partial charge in [0.05, 0.1) is 11.7 Å². The Morgan fingerprint density at radius 1 is 1.11 bits per heavy atom. The van der Waals surface area contributed by atoms with E-state index in [4.69, 9.17) is 0 Å². The van der Waals surface area contributed by atoms with Gasteiger partial charge >= 0.3 is 0 Å². The summed E-state index contributed by atoms with van der Waals surface area (Å²) in [6, 6.07) is 2.57. The van der Waals surface area contributed by atoms with E-state index in [0.717, 1.165) is 37.9 Å². The van der Waals surface area contributed by atoms with Gasteiger partial charge in [0.15, 0.2) is 17.5 Å². The van der Waals surface area contributed by atoms with Gasteiger partial charge < -0.3 is 15.2 Å². The maximum atomic E-state index is 14.3. The van der Waals surface area contributed by atoms with Crippen LogP contribution in [0.5, 0.6) is 0 Å². The Hall–Kier alpha value is -2.61. The number of halogens is 3. The largest absolute Gasteiger partial charge is 0.365 e. The Balaban J connectivity index is 1.71. The number of nitrogens with zero attached hydrogens (tertiary/aromatic N) is 3. The van der Waals surface area contributed by atoms with Crippen LogP contribution in [0.3, 0.4) is 0 Å².